The second kappa shape index (κ2) is 8.80. The van der Waals surface area contributed by atoms with Crippen molar-refractivity contribution < 1.29 is 35.7 Å². The Bertz CT molecular complexity index is 1140. The number of aromatic nitrogens is 1. The van der Waals surface area contributed by atoms with E-state index in [0.29, 0.717) is 18.8 Å². The Hall–Kier alpha value is -3.10. The second-order valence-electron chi connectivity index (χ2n) is 7.08. The van der Waals surface area contributed by atoms with Crippen LogP contribution in [0.5, 0.6) is 5.75 Å². The van der Waals surface area contributed by atoms with Gasteiger partial charge < -0.3 is 20.4 Å². The fourth-order valence-electron chi connectivity index (χ4n) is 3.46. The van der Waals surface area contributed by atoms with Gasteiger partial charge >= 0.3 is 12.4 Å². The molecular formula is C18H19F3N4O6S. The maximum atomic E-state index is 12.2. The number of fused-ring (bicyclic) bond motifs is 1. The predicted molar refractivity (Wildman–Crippen MR) is 106 cm³/mol. The first-order valence-electron chi connectivity index (χ1n) is 9.20. The molecule has 0 saturated carbocycles. The zero-order valence-corrected chi connectivity index (χ0v) is 17.1. The Morgan fingerprint density at radius 1 is 1.12 bits per heavy atom. The van der Waals surface area contributed by atoms with Crippen LogP contribution in [0.4, 0.5) is 23.7 Å². The van der Waals surface area contributed by atoms with E-state index in [9.17, 15) is 31.2 Å². The topological polar surface area (TPSA) is 146 Å². The molecular weight excluding hydrogens is 457 g/mol. The smallest absolute Gasteiger partial charge is 0.406 e. The molecule has 3 heterocycles. The van der Waals surface area contributed by atoms with E-state index in [1.165, 1.54) is 36.5 Å². The van der Waals surface area contributed by atoms with Crippen LogP contribution in [0.1, 0.15) is 6.42 Å². The molecule has 32 heavy (non-hydrogen) atoms. The summed E-state index contributed by atoms with van der Waals surface area (Å²) in [5.74, 6) is -0.305. The molecule has 4 N–H and O–H groups in total. The van der Waals surface area contributed by atoms with E-state index < -0.39 is 26.9 Å². The number of hydrogen-bond acceptors (Lipinski definition) is 6. The van der Waals surface area contributed by atoms with Crippen LogP contribution in [-0.2, 0) is 10.1 Å². The summed E-state index contributed by atoms with van der Waals surface area (Å²) < 4.78 is 69.3. The van der Waals surface area contributed by atoms with Gasteiger partial charge in [0, 0.05) is 31.0 Å². The zero-order valence-electron chi connectivity index (χ0n) is 16.3. The van der Waals surface area contributed by atoms with Crippen molar-refractivity contribution in [1.82, 2.24) is 9.88 Å². The third-order valence-corrected chi connectivity index (χ3v) is 5.64. The second-order valence-corrected chi connectivity index (χ2v) is 8.47. The monoisotopic (exact) mass is 476 g/mol. The third-order valence-electron chi connectivity index (χ3n) is 4.76. The first-order valence-corrected chi connectivity index (χ1v) is 10.6. The lowest BCUT2D eigenvalue weighted by molar-refractivity contribution is -0.274. The molecule has 0 aliphatic carbocycles. The number of carbonyl (C=O) groups is 1. The van der Waals surface area contributed by atoms with E-state index in [4.69, 9.17) is 10.3 Å². The molecule has 1 aromatic heterocycles. The summed E-state index contributed by atoms with van der Waals surface area (Å²) in [5, 5.41) is 0. The molecule has 0 radical (unpaired) electrons. The van der Waals surface area contributed by atoms with Gasteiger partial charge in [-0.2, -0.15) is 8.42 Å². The molecule has 0 bridgehead atoms. The Labute approximate surface area is 180 Å². The highest BCUT2D eigenvalue weighted by Crippen LogP contribution is 2.31. The number of urea groups is 1. The highest BCUT2D eigenvalue weighted by molar-refractivity contribution is 7.85. The Kier molecular flexibility index (Phi) is 6.48. The molecule has 0 unspecified atom stereocenters. The van der Waals surface area contributed by atoms with Gasteiger partial charge in [0.25, 0.3) is 15.7 Å². The Balaban J connectivity index is 0.000000222. The van der Waals surface area contributed by atoms with Crippen molar-refractivity contribution in [3.63, 3.8) is 0 Å². The van der Waals surface area contributed by atoms with E-state index in [1.54, 1.807) is 9.80 Å². The van der Waals surface area contributed by atoms with Crippen LogP contribution in [0.25, 0.3) is 0 Å². The number of halogens is 3. The minimum Gasteiger partial charge on any atom is -0.406 e. The number of aromatic amines is 1. The van der Waals surface area contributed by atoms with Crippen LogP contribution in [-0.4, -0.2) is 60.4 Å². The maximum absolute atomic E-state index is 12.2. The Morgan fingerprint density at radius 3 is 2.28 bits per heavy atom. The van der Waals surface area contributed by atoms with Gasteiger partial charge in [-0.15, -0.1) is 13.2 Å². The van der Waals surface area contributed by atoms with Crippen molar-refractivity contribution in [1.29, 1.82) is 0 Å². The largest absolute Gasteiger partial charge is 0.573 e. The summed E-state index contributed by atoms with van der Waals surface area (Å²) in [4.78, 5) is 27.6. The van der Waals surface area contributed by atoms with Gasteiger partial charge in [-0.1, -0.05) is 0 Å². The number of pyridine rings is 1. The van der Waals surface area contributed by atoms with Crippen LogP contribution in [0.15, 0.2) is 52.3 Å². The number of alkyl halides is 3. The van der Waals surface area contributed by atoms with Crippen LogP contribution in [0.2, 0.25) is 0 Å². The Morgan fingerprint density at radius 2 is 1.78 bits per heavy atom. The molecule has 14 heteroatoms. The first-order chi connectivity index (χ1) is 14.8. The van der Waals surface area contributed by atoms with Crippen molar-refractivity contribution in [3.8, 4) is 5.75 Å². The third kappa shape index (κ3) is 5.57. The number of ether oxygens (including phenoxy) is 1. The summed E-state index contributed by atoms with van der Waals surface area (Å²) in [6.07, 6.45) is -2.70. The van der Waals surface area contributed by atoms with E-state index in [1.807, 2.05) is 0 Å². The molecule has 2 fully saturated rings. The summed E-state index contributed by atoms with van der Waals surface area (Å²) in [7, 11) is -4.38. The van der Waals surface area contributed by atoms with Crippen molar-refractivity contribution in [2.24, 2.45) is 5.73 Å². The molecule has 2 aromatic rings. The molecule has 2 atom stereocenters. The number of rotatable bonds is 3. The average Bonchev–Trinajstić information content (AvgIpc) is 3.18. The van der Waals surface area contributed by atoms with Gasteiger partial charge in [-0.25, -0.2) is 4.79 Å². The van der Waals surface area contributed by atoms with Gasteiger partial charge in [0.05, 0.1) is 6.04 Å². The number of anilines is 1. The average molecular weight is 476 g/mol. The minimum atomic E-state index is -4.72. The van der Waals surface area contributed by atoms with Gasteiger partial charge in [0.2, 0.25) is 0 Å². The highest BCUT2D eigenvalue weighted by Gasteiger charge is 2.43. The molecule has 1 aromatic carbocycles. The summed E-state index contributed by atoms with van der Waals surface area (Å²) >= 11 is 0. The molecule has 10 nitrogen and oxygen atoms in total. The molecule has 2 amide bonds. The maximum Gasteiger partial charge on any atom is 0.573 e. The summed E-state index contributed by atoms with van der Waals surface area (Å²) in [6.45, 7) is 1.03. The molecule has 2 aliphatic rings. The quantitative estimate of drug-likeness (QED) is 0.570. The summed E-state index contributed by atoms with van der Waals surface area (Å²) in [5.41, 5.74) is 5.54. The number of H-pyrrole nitrogens is 1. The van der Waals surface area contributed by atoms with Gasteiger partial charge in [-0.3, -0.25) is 14.2 Å². The van der Waals surface area contributed by atoms with E-state index in [2.05, 4.69) is 9.72 Å². The van der Waals surface area contributed by atoms with E-state index in [-0.39, 0.29) is 23.9 Å². The fourth-order valence-corrected chi connectivity index (χ4v) is 4.00. The lowest BCUT2D eigenvalue weighted by Crippen LogP contribution is -2.35. The van der Waals surface area contributed by atoms with Crippen LogP contribution in [0, 0.1) is 0 Å². The van der Waals surface area contributed by atoms with E-state index >= 15 is 0 Å². The van der Waals surface area contributed by atoms with E-state index in [0.717, 1.165) is 12.5 Å². The molecule has 174 valence electrons. The van der Waals surface area contributed by atoms with Crippen molar-refractivity contribution in [2.75, 3.05) is 18.0 Å². The normalized spacial score (nSPS) is 20.6. The number of amides is 2. The molecule has 2 saturated heterocycles. The summed E-state index contributed by atoms with van der Waals surface area (Å²) in [6, 6.07) is 7.55. The number of nitrogens with two attached hydrogens (primary N) is 1. The van der Waals surface area contributed by atoms with Crippen LogP contribution in [0.3, 0.4) is 0 Å². The fraction of sp³-hybridized carbons (Fsp3) is 0.333. The minimum absolute atomic E-state index is 0.00339. The number of nitrogens with zero attached hydrogens (tertiary/aromatic N) is 2. The first kappa shape index (κ1) is 23.6. The predicted octanol–water partition coefficient (Wildman–Crippen LogP) is 1.55. The number of nitrogens with one attached hydrogen (secondary N) is 1. The molecule has 0 spiro atoms. The van der Waals surface area contributed by atoms with Crippen molar-refractivity contribution >= 4 is 21.8 Å². The highest BCUT2D eigenvalue weighted by atomic mass is 32.2. The van der Waals surface area contributed by atoms with Gasteiger partial charge in [-0.05, 0) is 42.8 Å². The number of hydrogen-bond donors (Lipinski definition) is 3. The molecule has 2 aliphatic heterocycles. The van der Waals surface area contributed by atoms with Gasteiger partial charge in [0.15, 0.2) is 4.90 Å². The number of benzene rings is 1. The SMILES string of the molecule is N[C@@H]1C[C@H]2CN(c3ccc(OC(F)(F)F)cc3)C(=O)N2C1.O=c1[nH]cccc1S(=O)(=O)O. The standard InChI is InChI=1S/C13H14F3N3O2.C5H5NO4S/c14-13(15,16)21-11-3-1-9(2-4-11)19-7-10-5-8(17)6-18(10)12(19)20;7-5-4(11(8,9)10)2-1-3-6-5/h1-4,8,10H,5-7,17H2;1-3H,(H,6,7)(H,8,9,10)/t8-,10+;/m1./s1. The van der Waals surface area contributed by atoms with Crippen LogP contribution < -0.4 is 20.9 Å². The van der Waals surface area contributed by atoms with Crippen molar-refractivity contribution in [3.05, 3.63) is 52.9 Å². The van der Waals surface area contributed by atoms with Crippen LogP contribution >= 0.6 is 0 Å². The van der Waals surface area contributed by atoms with Gasteiger partial charge in [0.1, 0.15) is 5.75 Å². The van der Waals surface area contributed by atoms with Crippen molar-refractivity contribution in [2.45, 2.75) is 29.8 Å². The molecule has 4 rings (SSSR count). The lowest BCUT2D eigenvalue weighted by atomic mass is 10.2. The number of carbonyl (C=O) groups excluding carboxylic acids is 1. The lowest BCUT2D eigenvalue weighted by Gasteiger charge is -2.18. The zero-order chi connectivity index (χ0) is 23.7.